The monoisotopic (exact) mass is 349 g/mol. The van der Waals surface area contributed by atoms with E-state index in [2.05, 4.69) is 15.6 Å². The zero-order valence-corrected chi connectivity index (χ0v) is 14.0. The predicted molar refractivity (Wildman–Crippen MR) is 97.2 cm³/mol. The fourth-order valence-electron chi connectivity index (χ4n) is 2.93. The van der Waals surface area contributed by atoms with Crippen molar-refractivity contribution in [1.29, 1.82) is 0 Å². The Morgan fingerprint density at radius 2 is 1.96 bits per heavy atom. The Bertz CT molecular complexity index is 1020. The number of amides is 1. The second kappa shape index (κ2) is 6.48. The molecule has 5 nitrogen and oxygen atoms in total. The van der Waals surface area contributed by atoms with Gasteiger partial charge in [-0.1, -0.05) is 30.3 Å². The second-order valence-corrected chi connectivity index (χ2v) is 6.05. The average molecular weight is 349 g/mol. The minimum Gasteiger partial charge on any atom is -0.423 e. The molecule has 1 amide bonds. The molecule has 2 aromatic carbocycles. The SMILES string of the molecule is CC1=C(c2cccc(-c3cnc(Nc4ccccc4F)o3)c2)C(=O)NC1. The number of rotatable bonds is 4. The van der Waals surface area contributed by atoms with Crippen LogP contribution in [0.25, 0.3) is 16.9 Å². The zero-order valence-electron chi connectivity index (χ0n) is 14.0. The van der Waals surface area contributed by atoms with Crippen LogP contribution in [0.3, 0.4) is 0 Å². The van der Waals surface area contributed by atoms with Crippen molar-refractivity contribution < 1.29 is 13.6 Å². The van der Waals surface area contributed by atoms with Crippen molar-refractivity contribution in [2.75, 3.05) is 11.9 Å². The molecule has 6 heteroatoms. The Balaban J connectivity index is 1.62. The molecule has 2 heterocycles. The van der Waals surface area contributed by atoms with Gasteiger partial charge in [0.1, 0.15) is 5.82 Å². The first-order valence-electron chi connectivity index (χ1n) is 8.18. The maximum absolute atomic E-state index is 13.7. The smallest absolute Gasteiger partial charge is 0.299 e. The molecule has 1 aliphatic heterocycles. The van der Waals surface area contributed by atoms with Crippen LogP contribution in [-0.4, -0.2) is 17.4 Å². The molecule has 4 rings (SSSR count). The summed E-state index contributed by atoms with van der Waals surface area (Å²) < 4.78 is 19.4. The lowest BCUT2D eigenvalue weighted by atomic mass is 10.00. The summed E-state index contributed by atoms with van der Waals surface area (Å²) in [5, 5.41) is 5.64. The van der Waals surface area contributed by atoms with E-state index in [-0.39, 0.29) is 23.4 Å². The number of nitrogens with zero attached hydrogens (tertiary/aromatic N) is 1. The fourth-order valence-corrected chi connectivity index (χ4v) is 2.93. The van der Waals surface area contributed by atoms with Gasteiger partial charge in [-0.25, -0.2) is 9.37 Å². The van der Waals surface area contributed by atoms with E-state index in [9.17, 15) is 9.18 Å². The van der Waals surface area contributed by atoms with Crippen LogP contribution < -0.4 is 10.6 Å². The summed E-state index contributed by atoms with van der Waals surface area (Å²) in [5.41, 5.74) is 3.60. The number of benzene rings is 2. The van der Waals surface area contributed by atoms with Crippen LogP contribution in [0.15, 0.2) is 64.7 Å². The van der Waals surface area contributed by atoms with E-state index >= 15 is 0 Å². The van der Waals surface area contributed by atoms with E-state index in [0.717, 1.165) is 16.7 Å². The van der Waals surface area contributed by atoms with Gasteiger partial charge in [0.05, 0.1) is 11.9 Å². The molecular formula is C20H16FN3O2. The molecule has 2 N–H and O–H groups in total. The van der Waals surface area contributed by atoms with Crippen molar-refractivity contribution in [3.8, 4) is 11.3 Å². The largest absolute Gasteiger partial charge is 0.423 e. The van der Waals surface area contributed by atoms with E-state index in [1.54, 1.807) is 24.4 Å². The number of carbonyl (C=O) groups is 1. The van der Waals surface area contributed by atoms with Gasteiger partial charge in [-0.2, -0.15) is 0 Å². The van der Waals surface area contributed by atoms with Crippen molar-refractivity contribution in [3.05, 3.63) is 71.7 Å². The van der Waals surface area contributed by atoms with Crippen molar-refractivity contribution in [2.45, 2.75) is 6.92 Å². The van der Waals surface area contributed by atoms with Gasteiger partial charge in [-0.15, -0.1) is 0 Å². The molecule has 130 valence electrons. The molecular weight excluding hydrogens is 333 g/mol. The molecule has 0 atom stereocenters. The number of anilines is 2. The van der Waals surface area contributed by atoms with E-state index in [1.807, 2.05) is 31.2 Å². The highest BCUT2D eigenvalue weighted by Crippen LogP contribution is 2.29. The van der Waals surface area contributed by atoms with Gasteiger partial charge in [-0.3, -0.25) is 4.79 Å². The van der Waals surface area contributed by atoms with Crippen LogP contribution >= 0.6 is 0 Å². The number of halogens is 1. The molecule has 0 radical (unpaired) electrons. The first-order valence-corrected chi connectivity index (χ1v) is 8.18. The molecule has 26 heavy (non-hydrogen) atoms. The number of aromatic nitrogens is 1. The number of hydrogen-bond acceptors (Lipinski definition) is 4. The molecule has 0 fully saturated rings. The highest BCUT2D eigenvalue weighted by molar-refractivity contribution is 6.22. The Labute approximate surface area is 149 Å². The predicted octanol–water partition coefficient (Wildman–Crippen LogP) is 4.13. The van der Waals surface area contributed by atoms with E-state index in [1.165, 1.54) is 6.07 Å². The van der Waals surface area contributed by atoms with Gasteiger partial charge in [0.25, 0.3) is 11.9 Å². The molecule has 0 spiro atoms. The number of oxazole rings is 1. The second-order valence-electron chi connectivity index (χ2n) is 6.05. The van der Waals surface area contributed by atoms with Crippen LogP contribution in [0.2, 0.25) is 0 Å². The van der Waals surface area contributed by atoms with Crippen molar-refractivity contribution in [1.82, 2.24) is 10.3 Å². The molecule has 0 saturated carbocycles. The van der Waals surface area contributed by atoms with Gasteiger partial charge >= 0.3 is 0 Å². The minimum absolute atomic E-state index is 0.0703. The third-order valence-corrected chi connectivity index (χ3v) is 4.22. The molecule has 0 aliphatic carbocycles. The van der Waals surface area contributed by atoms with Crippen LogP contribution in [0.5, 0.6) is 0 Å². The van der Waals surface area contributed by atoms with E-state index in [4.69, 9.17) is 4.42 Å². The van der Waals surface area contributed by atoms with E-state index < -0.39 is 0 Å². The van der Waals surface area contributed by atoms with Crippen LogP contribution in [0, 0.1) is 5.82 Å². The van der Waals surface area contributed by atoms with Crippen LogP contribution in [0.4, 0.5) is 16.1 Å². The molecule has 1 aromatic heterocycles. The quantitative estimate of drug-likeness (QED) is 0.743. The molecule has 0 saturated heterocycles. The molecule has 0 unspecified atom stereocenters. The van der Waals surface area contributed by atoms with Gasteiger partial charge in [0.2, 0.25) is 0 Å². The topological polar surface area (TPSA) is 67.2 Å². The minimum atomic E-state index is -0.385. The molecule has 3 aromatic rings. The Kier molecular flexibility index (Phi) is 4.01. The van der Waals surface area contributed by atoms with E-state index in [0.29, 0.717) is 17.9 Å². The maximum Gasteiger partial charge on any atom is 0.299 e. The number of nitrogens with one attached hydrogen (secondary N) is 2. The van der Waals surface area contributed by atoms with Gasteiger partial charge in [0, 0.05) is 17.7 Å². The van der Waals surface area contributed by atoms with Crippen LogP contribution in [-0.2, 0) is 4.79 Å². The number of para-hydroxylation sites is 1. The number of hydrogen-bond donors (Lipinski definition) is 2. The summed E-state index contributed by atoms with van der Waals surface area (Å²) in [6, 6.07) is 14.0. The average Bonchev–Trinajstić information content (AvgIpc) is 3.24. The summed E-state index contributed by atoms with van der Waals surface area (Å²) in [7, 11) is 0. The van der Waals surface area contributed by atoms with Crippen molar-refractivity contribution >= 4 is 23.2 Å². The Hall–Kier alpha value is -3.41. The fraction of sp³-hybridized carbons (Fsp3) is 0.100. The lowest BCUT2D eigenvalue weighted by Gasteiger charge is -2.05. The van der Waals surface area contributed by atoms with Gasteiger partial charge in [-0.05, 0) is 36.3 Å². The highest BCUT2D eigenvalue weighted by Gasteiger charge is 2.21. The summed E-state index contributed by atoms with van der Waals surface area (Å²) in [4.78, 5) is 16.2. The van der Waals surface area contributed by atoms with Crippen molar-refractivity contribution in [3.63, 3.8) is 0 Å². The van der Waals surface area contributed by atoms with Gasteiger partial charge in [0.15, 0.2) is 5.76 Å². The summed E-state index contributed by atoms with van der Waals surface area (Å²) in [6.45, 7) is 2.50. The number of carbonyl (C=O) groups excluding carboxylic acids is 1. The maximum atomic E-state index is 13.7. The lowest BCUT2D eigenvalue weighted by molar-refractivity contribution is -0.114. The first kappa shape index (κ1) is 16.1. The lowest BCUT2D eigenvalue weighted by Crippen LogP contribution is -2.16. The Morgan fingerprint density at radius 1 is 1.15 bits per heavy atom. The summed E-state index contributed by atoms with van der Waals surface area (Å²) >= 11 is 0. The normalized spacial score (nSPS) is 13.8. The van der Waals surface area contributed by atoms with Crippen LogP contribution in [0.1, 0.15) is 12.5 Å². The molecule has 0 bridgehead atoms. The third-order valence-electron chi connectivity index (χ3n) is 4.22. The zero-order chi connectivity index (χ0) is 18.1. The standard InChI is InChI=1S/C20H16FN3O2/c1-12-10-22-19(25)18(12)14-6-4-5-13(9-14)17-11-23-20(26-17)24-16-8-3-2-7-15(16)21/h2-9,11H,10H2,1H3,(H,22,25)(H,23,24). The third kappa shape index (κ3) is 2.97. The summed E-state index contributed by atoms with van der Waals surface area (Å²) in [5.74, 6) is 0.0744. The summed E-state index contributed by atoms with van der Waals surface area (Å²) in [6.07, 6.45) is 1.57. The first-order chi connectivity index (χ1) is 12.6. The van der Waals surface area contributed by atoms with Gasteiger partial charge < -0.3 is 15.1 Å². The Morgan fingerprint density at radius 3 is 2.73 bits per heavy atom. The molecule has 1 aliphatic rings. The highest BCUT2D eigenvalue weighted by atomic mass is 19.1. The van der Waals surface area contributed by atoms with Crippen molar-refractivity contribution in [2.24, 2.45) is 0 Å².